The Morgan fingerprint density at radius 2 is 2.11 bits per heavy atom. The fourth-order valence-electron chi connectivity index (χ4n) is 1.98. The predicted molar refractivity (Wildman–Crippen MR) is 74.3 cm³/mol. The normalized spacial score (nSPS) is 11.9. The molecule has 0 fully saturated rings. The fraction of sp³-hybridized carbons (Fsp3) is 0.571. The summed E-state index contributed by atoms with van der Waals surface area (Å²) < 4.78 is 9.79. The monoisotopic (exact) mass is 284 g/mol. The van der Waals surface area contributed by atoms with Gasteiger partial charge in [0, 0.05) is 4.88 Å². The molecule has 0 aliphatic carbocycles. The van der Waals surface area contributed by atoms with E-state index in [1.165, 1.54) is 18.4 Å². The number of ether oxygens (including phenoxy) is 2. The van der Waals surface area contributed by atoms with Gasteiger partial charge < -0.3 is 9.47 Å². The van der Waals surface area contributed by atoms with E-state index in [0.29, 0.717) is 6.61 Å². The first kappa shape index (κ1) is 15.7. The second-order valence-electron chi connectivity index (χ2n) is 4.15. The maximum Gasteiger partial charge on any atom is 0.313 e. The average Bonchev–Trinajstić information content (AvgIpc) is 2.83. The van der Waals surface area contributed by atoms with Crippen molar-refractivity contribution in [3.8, 4) is 0 Å². The molecule has 1 aromatic rings. The molecule has 1 rings (SSSR count). The number of esters is 2. The number of rotatable bonds is 7. The molecule has 0 radical (unpaired) electrons. The lowest BCUT2D eigenvalue weighted by atomic mass is 9.94. The van der Waals surface area contributed by atoms with E-state index >= 15 is 0 Å². The largest absolute Gasteiger partial charge is 0.469 e. The Morgan fingerprint density at radius 1 is 1.37 bits per heavy atom. The van der Waals surface area contributed by atoms with Crippen LogP contribution >= 0.6 is 11.3 Å². The molecular formula is C14H20O4S. The quantitative estimate of drug-likeness (QED) is 0.722. The molecule has 0 saturated carbocycles. The smallest absolute Gasteiger partial charge is 0.313 e. The number of thiophene rings is 1. The minimum Gasteiger partial charge on any atom is -0.469 e. The van der Waals surface area contributed by atoms with Gasteiger partial charge in [-0.05, 0) is 30.4 Å². The molecule has 1 atom stereocenters. The van der Waals surface area contributed by atoms with Gasteiger partial charge in [-0.3, -0.25) is 9.59 Å². The van der Waals surface area contributed by atoms with Gasteiger partial charge in [0.2, 0.25) is 0 Å². The van der Waals surface area contributed by atoms with Gasteiger partial charge in [-0.25, -0.2) is 0 Å². The Kier molecular flexibility index (Phi) is 6.56. The molecule has 106 valence electrons. The molecule has 1 unspecified atom stereocenters. The highest BCUT2D eigenvalue weighted by atomic mass is 32.1. The number of carbonyl (C=O) groups excluding carboxylic acids is 2. The zero-order valence-electron chi connectivity index (χ0n) is 11.6. The van der Waals surface area contributed by atoms with E-state index < -0.39 is 0 Å². The minimum atomic E-state index is -0.286. The van der Waals surface area contributed by atoms with Crippen molar-refractivity contribution in [3.05, 3.63) is 21.9 Å². The average molecular weight is 284 g/mol. The minimum absolute atomic E-state index is 0.220. The molecule has 4 nitrogen and oxygen atoms in total. The van der Waals surface area contributed by atoms with Crippen molar-refractivity contribution in [3.63, 3.8) is 0 Å². The maximum atomic E-state index is 11.8. The van der Waals surface area contributed by atoms with Crippen molar-refractivity contribution >= 4 is 23.3 Å². The Balaban J connectivity index is 2.89. The van der Waals surface area contributed by atoms with Crippen LogP contribution in [0.2, 0.25) is 0 Å². The summed E-state index contributed by atoms with van der Waals surface area (Å²) in [6, 6.07) is 1.90. The summed E-state index contributed by atoms with van der Waals surface area (Å²) in [6.45, 7) is 4.17. The number of methoxy groups -OCH3 is 1. The fourth-order valence-corrected chi connectivity index (χ4v) is 2.91. The van der Waals surface area contributed by atoms with E-state index in [4.69, 9.17) is 9.47 Å². The topological polar surface area (TPSA) is 52.6 Å². The van der Waals surface area contributed by atoms with Crippen LogP contribution < -0.4 is 0 Å². The van der Waals surface area contributed by atoms with Gasteiger partial charge in [0.05, 0.1) is 26.1 Å². The summed E-state index contributed by atoms with van der Waals surface area (Å²) in [6.07, 6.45) is 1.83. The van der Waals surface area contributed by atoms with E-state index in [2.05, 4.69) is 0 Å². The lowest BCUT2D eigenvalue weighted by Crippen LogP contribution is -2.16. The zero-order valence-corrected chi connectivity index (χ0v) is 12.4. The standard InChI is InChI=1S/C14H20O4S/c1-4-6-11(14(16)17-3)10-7-8-19-12(10)9-13(15)18-5-2/h7-8,11H,4-6,9H2,1-3H3. The molecule has 0 saturated heterocycles. The molecule has 5 heteroatoms. The van der Waals surface area contributed by atoms with Gasteiger partial charge in [-0.15, -0.1) is 11.3 Å². The van der Waals surface area contributed by atoms with Crippen LogP contribution in [0, 0.1) is 0 Å². The first-order valence-electron chi connectivity index (χ1n) is 6.43. The Hall–Kier alpha value is -1.36. The van der Waals surface area contributed by atoms with E-state index in [1.807, 2.05) is 18.4 Å². The summed E-state index contributed by atoms with van der Waals surface area (Å²) in [4.78, 5) is 24.3. The number of hydrogen-bond acceptors (Lipinski definition) is 5. The molecule has 0 amide bonds. The molecule has 0 bridgehead atoms. The maximum absolute atomic E-state index is 11.8. The predicted octanol–water partition coefficient (Wildman–Crippen LogP) is 2.91. The molecule has 0 aliphatic heterocycles. The van der Waals surface area contributed by atoms with E-state index in [1.54, 1.807) is 6.92 Å². The lowest BCUT2D eigenvalue weighted by Gasteiger charge is -2.14. The SMILES string of the molecule is CCCC(C(=O)OC)c1ccsc1CC(=O)OCC. The Labute approximate surface area is 117 Å². The van der Waals surface area contributed by atoms with Crippen molar-refractivity contribution in [2.75, 3.05) is 13.7 Å². The van der Waals surface area contributed by atoms with E-state index in [9.17, 15) is 9.59 Å². The van der Waals surface area contributed by atoms with Crippen molar-refractivity contribution < 1.29 is 19.1 Å². The summed E-state index contributed by atoms with van der Waals surface area (Å²) in [5.41, 5.74) is 0.895. The summed E-state index contributed by atoms with van der Waals surface area (Å²) >= 11 is 1.48. The third-order valence-electron chi connectivity index (χ3n) is 2.83. The highest BCUT2D eigenvalue weighted by Crippen LogP contribution is 2.30. The highest BCUT2D eigenvalue weighted by Gasteiger charge is 2.25. The number of hydrogen-bond donors (Lipinski definition) is 0. The Bertz CT molecular complexity index is 425. The van der Waals surface area contributed by atoms with E-state index in [0.717, 1.165) is 23.3 Å². The third kappa shape index (κ3) is 4.35. The lowest BCUT2D eigenvalue weighted by molar-refractivity contribution is -0.143. The first-order chi connectivity index (χ1) is 9.13. The van der Waals surface area contributed by atoms with Gasteiger partial charge in [0.25, 0.3) is 0 Å². The Morgan fingerprint density at radius 3 is 2.68 bits per heavy atom. The molecule has 0 aromatic carbocycles. The summed E-state index contributed by atoms with van der Waals surface area (Å²) in [5, 5.41) is 1.90. The first-order valence-corrected chi connectivity index (χ1v) is 7.31. The van der Waals surface area contributed by atoms with Crippen molar-refractivity contribution in [1.29, 1.82) is 0 Å². The van der Waals surface area contributed by atoms with Crippen molar-refractivity contribution in [2.24, 2.45) is 0 Å². The summed E-state index contributed by atoms with van der Waals surface area (Å²) in [5.74, 6) is -0.789. The molecule has 0 aliphatic rings. The second kappa shape index (κ2) is 7.94. The second-order valence-corrected chi connectivity index (χ2v) is 5.15. The zero-order chi connectivity index (χ0) is 14.3. The third-order valence-corrected chi connectivity index (χ3v) is 3.77. The van der Waals surface area contributed by atoms with E-state index in [-0.39, 0.29) is 24.3 Å². The highest BCUT2D eigenvalue weighted by molar-refractivity contribution is 7.10. The molecule has 19 heavy (non-hydrogen) atoms. The van der Waals surface area contributed by atoms with Crippen LogP contribution in [0.1, 0.15) is 43.0 Å². The molecule has 1 heterocycles. The summed E-state index contributed by atoms with van der Waals surface area (Å²) in [7, 11) is 1.39. The van der Waals surface area contributed by atoms with Crippen molar-refractivity contribution in [2.45, 2.75) is 39.0 Å². The van der Waals surface area contributed by atoms with Gasteiger partial charge in [0.1, 0.15) is 0 Å². The van der Waals surface area contributed by atoms with Gasteiger partial charge in [-0.1, -0.05) is 13.3 Å². The molecule has 0 N–H and O–H groups in total. The number of carbonyl (C=O) groups is 2. The molecule has 0 spiro atoms. The van der Waals surface area contributed by atoms with Crippen molar-refractivity contribution in [1.82, 2.24) is 0 Å². The van der Waals surface area contributed by atoms with Crippen LogP contribution in [0.15, 0.2) is 11.4 Å². The van der Waals surface area contributed by atoms with Gasteiger partial charge in [-0.2, -0.15) is 0 Å². The van der Waals surface area contributed by atoms with Gasteiger partial charge >= 0.3 is 11.9 Å². The van der Waals surface area contributed by atoms with Crippen LogP contribution in [0.25, 0.3) is 0 Å². The van der Waals surface area contributed by atoms with Crippen LogP contribution in [0.3, 0.4) is 0 Å². The van der Waals surface area contributed by atoms with Crippen LogP contribution in [-0.2, 0) is 25.5 Å². The van der Waals surface area contributed by atoms with Crippen LogP contribution in [0.5, 0.6) is 0 Å². The van der Waals surface area contributed by atoms with Crippen LogP contribution in [0.4, 0.5) is 0 Å². The molecule has 1 aromatic heterocycles. The van der Waals surface area contributed by atoms with Gasteiger partial charge in [0.15, 0.2) is 0 Å². The molecular weight excluding hydrogens is 264 g/mol. The van der Waals surface area contributed by atoms with Crippen LogP contribution in [-0.4, -0.2) is 25.7 Å².